The number of carbonyl (C=O) groups excluding carboxylic acids is 2. The SMILES string of the molecule is CCOCCCN(CC(=O)N(Cc1ccccc1)Cc1ccc(C)s1)C(=O)Nc1ccc(SC)cc1. The van der Waals surface area contributed by atoms with Gasteiger partial charge in [-0.2, -0.15) is 0 Å². The fourth-order valence-corrected chi connectivity index (χ4v) is 5.00. The van der Waals surface area contributed by atoms with Gasteiger partial charge in [0.15, 0.2) is 0 Å². The van der Waals surface area contributed by atoms with Crippen molar-refractivity contribution < 1.29 is 14.3 Å². The lowest BCUT2D eigenvalue weighted by atomic mass is 10.2. The fraction of sp³-hybridized carbons (Fsp3) is 0.357. The number of carbonyl (C=O) groups is 2. The molecule has 3 aromatic rings. The first kappa shape index (κ1) is 27.8. The molecular weight excluding hydrogens is 490 g/mol. The number of nitrogens with zero attached hydrogens (tertiary/aromatic N) is 2. The number of thiophene rings is 1. The van der Waals surface area contributed by atoms with Crippen LogP contribution in [0.4, 0.5) is 10.5 Å². The van der Waals surface area contributed by atoms with E-state index >= 15 is 0 Å². The predicted molar refractivity (Wildman–Crippen MR) is 150 cm³/mol. The van der Waals surface area contributed by atoms with Crippen LogP contribution in [0, 0.1) is 6.92 Å². The van der Waals surface area contributed by atoms with Gasteiger partial charge in [-0.1, -0.05) is 30.3 Å². The molecule has 1 aromatic heterocycles. The van der Waals surface area contributed by atoms with Gasteiger partial charge in [0, 0.05) is 46.6 Å². The minimum absolute atomic E-state index is 0.00194. The Morgan fingerprint density at radius 3 is 2.36 bits per heavy atom. The van der Waals surface area contributed by atoms with Crippen LogP contribution in [0.5, 0.6) is 0 Å². The molecule has 0 saturated carbocycles. The third kappa shape index (κ3) is 9.00. The molecule has 2 aromatic carbocycles. The number of hydrogen-bond acceptors (Lipinski definition) is 5. The fourth-order valence-electron chi connectivity index (χ4n) is 3.69. The van der Waals surface area contributed by atoms with E-state index in [2.05, 4.69) is 24.4 Å². The zero-order valence-electron chi connectivity index (χ0n) is 21.2. The van der Waals surface area contributed by atoms with Crippen LogP contribution in [-0.4, -0.2) is 54.3 Å². The summed E-state index contributed by atoms with van der Waals surface area (Å²) >= 11 is 3.33. The van der Waals surface area contributed by atoms with E-state index in [0.717, 1.165) is 15.3 Å². The normalized spacial score (nSPS) is 10.8. The number of benzene rings is 2. The van der Waals surface area contributed by atoms with E-state index in [1.165, 1.54) is 4.88 Å². The second kappa shape index (κ2) is 14.7. The second-order valence-electron chi connectivity index (χ2n) is 8.38. The number of hydrogen-bond donors (Lipinski definition) is 1. The molecule has 0 fully saturated rings. The zero-order chi connectivity index (χ0) is 25.8. The highest BCUT2D eigenvalue weighted by Gasteiger charge is 2.22. The average molecular weight is 526 g/mol. The van der Waals surface area contributed by atoms with Gasteiger partial charge in [0.1, 0.15) is 6.54 Å². The van der Waals surface area contributed by atoms with E-state index in [1.807, 2.05) is 72.7 Å². The number of aryl methyl sites for hydroxylation is 1. The maximum Gasteiger partial charge on any atom is 0.322 e. The Bertz CT molecular complexity index is 1090. The first-order valence-corrected chi connectivity index (χ1v) is 14.2. The second-order valence-corrected chi connectivity index (χ2v) is 10.6. The summed E-state index contributed by atoms with van der Waals surface area (Å²) in [7, 11) is 0. The monoisotopic (exact) mass is 525 g/mol. The van der Waals surface area contributed by atoms with Crippen molar-refractivity contribution in [2.75, 3.05) is 37.9 Å². The van der Waals surface area contributed by atoms with Crippen LogP contribution in [0.2, 0.25) is 0 Å². The van der Waals surface area contributed by atoms with Gasteiger partial charge in [0.05, 0.1) is 6.54 Å². The Labute approximate surface area is 222 Å². The Balaban J connectivity index is 1.74. The summed E-state index contributed by atoms with van der Waals surface area (Å²) in [6.45, 7) is 6.60. The highest BCUT2D eigenvalue weighted by molar-refractivity contribution is 7.98. The van der Waals surface area contributed by atoms with Crippen LogP contribution in [0.1, 0.15) is 28.7 Å². The van der Waals surface area contributed by atoms with E-state index in [0.29, 0.717) is 45.0 Å². The van der Waals surface area contributed by atoms with Gasteiger partial charge in [0.2, 0.25) is 5.91 Å². The molecule has 1 heterocycles. The Morgan fingerprint density at radius 2 is 1.72 bits per heavy atom. The lowest BCUT2D eigenvalue weighted by Gasteiger charge is -2.28. The third-order valence-corrected chi connectivity index (χ3v) is 7.32. The Hall–Kier alpha value is -2.81. The standard InChI is InChI=1S/C28H35N3O3S2/c1-4-34-18-8-17-30(28(33)29-24-12-15-25(35-3)16-13-24)21-27(32)31(19-23-9-6-5-7-10-23)20-26-14-11-22(2)36-26/h5-7,9-16H,4,8,17-21H2,1-3H3,(H,29,33). The summed E-state index contributed by atoms with van der Waals surface area (Å²) in [5.41, 5.74) is 1.76. The van der Waals surface area contributed by atoms with Crippen molar-refractivity contribution in [1.29, 1.82) is 0 Å². The molecule has 0 aliphatic heterocycles. The Morgan fingerprint density at radius 1 is 0.972 bits per heavy atom. The van der Waals surface area contributed by atoms with Crippen LogP contribution in [0.15, 0.2) is 71.6 Å². The summed E-state index contributed by atoms with van der Waals surface area (Å²) < 4.78 is 5.47. The van der Waals surface area contributed by atoms with Gasteiger partial charge >= 0.3 is 6.03 Å². The third-order valence-electron chi connectivity index (χ3n) is 5.59. The van der Waals surface area contributed by atoms with Crippen LogP contribution in [0.3, 0.4) is 0 Å². The van der Waals surface area contributed by atoms with Gasteiger partial charge in [-0.05, 0) is 68.5 Å². The summed E-state index contributed by atoms with van der Waals surface area (Å²) in [6.07, 6.45) is 2.67. The topological polar surface area (TPSA) is 61.9 Å². The van der Waals surface area contributed by atoms with Gasteiger partial charge in [-0.25, -0.2) is 4.79 Å². The molecule has 0 saturated heterocycles. The summed E-state index contributed by atoms with van der Waals surface area (Å²) in [6, 6.07) is 21.5. The Kier molecular flexibility index (Phi) is 11.3. The summed E-state index contributed by atoms with van der Waals surface area (Å²) in [5.74, 6) is -0.0887. The van der Waals surface area contributed by atoms with Crippen molar-refractivity contribution in [1.82, 2.24) is 9.80 Å². The number of anilines is 1. The number of ether oxygens (including phenoxy) is 1. The van der Waals surface area contributed by atoms with Crippen molar-refractivity contribution >= 4 is 40.7 Å². The molecule has 0 aliphatic carbocycles. The molecule has 0 bridgehead atoms. The summed E-state index contributed by atoms with van der Waals surface area (Å²) in [5, 5.41) is 2.95. The molecular formula is C28H35N3O3S2. The molecule has 0 aliphatic rings. The number of amides is 3. The maximum atomic E-state index is 13.6. The summed E-state index contributed by atoms with van der Waals surface area (Å²) in [4.78, 5) is 33.7. The van der Waals surface area contributed by atoms with Gasteiger partial charge < -0.3 is 19.9 Å². The quantitative estimate of drug-likeness (QED) is 0.211. The molecule has 3 rings (SSSR count). The van der Waals surface area contributed by atoms with Gasteiger partial charge in [-0.15, -0.1) is 23.1 Å². The molecule has 0 spiro atoms. The minimum Gasteiger partial charge on any atom is -0.382 e. The average Bonchev–Trinajstić information content (AvgIpc) is 3.30. The van der Waals surface area contributed by atoms with Crippen molar-refractivity contribution in [2.45, 2.75) is 38.3 Å². The van der Waals surface area contributed by atoms with E-state index in [9.17, 15) is 9.59 Å². The highest BCUT2D eigenvalue weighted by atomic mass is 32.2. The number of nitrogens with one attached hydrogen (secondary N) is 1. The molecule has 192 valence electrons. The van der Waals surface area contributed by atoms with Crippen molar-refractivity contribution in [3.05, 3.63) is 82.0 Å². The van der Waals surface area contributed by atoms with Crippen molar-refractivity contribution in [2.24, 2.45) is 0 Å². The smallest absolute Gasteiger partial charge is 0.322 e. The van der Waals surface area contributed by atoms with Crippen LogP contribution in [0.25, 0.3) is 0 Å². The van der Waals surface area contributed by atoms with Crippen LogP contribution < -0.4 is 5.32 Å². The molecule has 6 nitrogen and oxygen atoms in total. The first-order valence-electron chi connectivity index (χ1n) is 12.1. The van der Waals surface area contributed by atoms with Crippen LogP contribution >= 0.6 is 23.1 Å². The highest BCUT2D eigenvalue weighted by Crippen LogP contribution is 2.20. The lowest BCUT2D eigenvalue weighted by molar-refractivity contribution is -0.133. The molecule has 0 radical (unpaired) electrons. The van der Waals surface area contributed by atoms with E-state index in [-0.39, 0.29) is 18.5 Å². The van der Waals surface area contributed by atoms with Crippen molar-refractivity contribution in [3.63, 3.8) is 0 Å². The van der Waals surface area contributed by atoms with E-state index < -0.39 is 0 Å². The first-order chi connectivity index (χ1) is 17.5. The molecule has 0 atom stereocenters. The largest absolute Gasteiger partial charge is 0.382 e. The van der Waals surface area contributed by atoms with E-state index in [4.69, 9.17) is 4.74 Å². The zero-order valence-corrected chi connectivity index (χ0v) is 22.9. The van der Waals surface area contributed by atoms with Gasteiger partial charge in [-0.3, -0.25) is 4.79 Å². The lowest BCUT2D eigenvalue weighted by Crippen LogP contribution is -2.44. The molecule has 36 heavy (non-hydrogen) atoms. The van der Waals surface area contributed by atoms with Gasteiger partial charge in [0.25, 0.3) is 0 Å². The van der Waals surface area contributed by atoms with Crippen LogP contribution in [-0.2, 0) is 22.6 Å². The molecule has 0 unspecified atom stereocenters. The molecule has 8 heteroatoms. The minimum atomic E-state index is -0.289. The predicted octanol–water partition coefficient (Wildman–Crippen LogP) is 6.27. The molecule has 1 N–H and O–H groups in total. The maximum absolute atomic E-state index is 13.6. The number of urea groups is 1. The molecule has 3 amide bonds. The van der Waals surface area contributed by atoms with Crippen molar-refractivity contribution in [3.8, 4) is 0 Å². The van der Waals surface area contributed by atoms with E-state index in [1.54, 1.807) is 28.0 Å². The number of thioether (sulfide) groups is 1. The number of rotatable bonds is 13.